The van der Waals surface area contributed by atoms with Gasteiger partial charge in [0.2, 0.25) is 0 Å². The highest BCUT2D eigenvalue weighted by Crippen LogP contribution is 2.46. The molecule has 0 fully saturated rings. The fourth-order valence-corrected chi connectivity index (χ4v) is 8.06. The van der Waals surface area contributed by atoms with E-state index in [0.717, 1.165) is 17.1 Å². The van der Waals surface area contributed by atoms with Gasteiger partial charge in [0.15, 0.2) is 0 Å². The maximum atomic E-state index is 2.45. The summed E-state index contributed by atoms with van der Waals surface area (Å²) in [7, 11) is 0. The molecule has 10 rings (SSSR count). The molecule has 10 aromatic rings. The minimum absolute atomic E-state index is 1.09. The molecule has 0 N–H and O–H groups in total. The van der Waals surface area contributed by atoms with Crippen molar-refractivity contribution in [1.29, 1.82) is 0 Å². The normalized spacial score (nSPS) is 11.3. The van der Waals surface area contributed by atoms with E-state index < -0.39 is 0 Å². The Morgan fingerprint density at radius 1 is 0.236 bits per heavy atom. The van der Waals surface area contributed by atoms with Crippen molar-refractivity contribution < 1.29 is 0 Å². The van der Waals surface area contributed by atoms with Gasteiger partial charge in [-0.25, -0.2) is 0 Å². The molecule has 0 atom stereocenters. The second kappa shape index (κ2) is 14.0. The summed E-state index contributed by atoms with van der Waals surface area (Å²) < 4.78 is 0. The minimum Gasteiger partial charge on any atom is -0.309 e. The van der Waals surface area contributed by atoms with Crippen LogP contribution in [0.2, 0.25) is 0 Å². The van der Waals surface area contributed by atoms with Crippen LogP contribution >= 0.6 is 0 Å². The van der Waals surface area contributed by atoms with E-state index in [1.165, 1.54) is 76.8 Å². The molecule has 1 heteroatoms. The van der Waals surface area contributed by atoms with Crippen molar-refractivity contribution >= 4 is 49.4 Å². The molecule has 0 unspecified atom stereocenters. The molecule has 0 aliphatic heterocycles. The fourth-order valence-electron chi connectivity index (χ4n) is 8.06. The van der Waals surface area contributed by atoms with Crippen LogP contribution in [0.5, 0.6) is 0 Å². The third-order valence-electron chi connectivity index (χ3n) is 10.8. The lowest BCUT2D eigenvalue weighted by molar-refractivity contribution is 1.28. The van der Waals surface area contributed by atoms with E-state index in [-0.39, 0.29) is 0 Å². The predicted molar refractivity (Wildman–Crippen MR) is 235 cm³/mol. The highest BCUT2D eigenvalue weighted by molar-refractivity contribution is 6.08. The topological polar surface area (TPSA) is 3.24 Å². The molecule has 0 radical (unpaired) electrons. The van der Waals surface area contributed by atoms with Gasteiger partial charge in [-0.1, -0.05) is 188 Å². The number of hydrogen-bond donors (Lipinski definition) is 0. The average molecular weight is 700 g/mol. The van der Waals surface area contributed by atoms with Crippen LogP contribution in [0.3, 0.4) is 0 Å². The van der Waals surface area contributed by atoms with E-state index in [0.29, 0.717) is 0 Å². The monoisotopic (exact) mass is 699 g/mol. The van der Waals surface area contributed by atoms with Gasteiger partial charge in [-0.2, -0.15) is 0 Å². The van der Waals surface area contributed by atoms with Crippen LogP contribution in [0, 0.1) is 0 Å². The molecule has 0 aromatic heterocycles. The standard InChI is InChI=1S/C54H37N/c1-3-14-40(15-4-1)51-21-11-12-22-53(51)55(48-31-27-39(28-32-48)44-29-33-50-47(36-44)26-24-42-18-9-10-20-49(42)50)54-37-46(30-34-52(54)41-16-5-2-6-17-41)45-25-23-38-13-7-8-19-43(38)35-45/h1-37H. The summed E-state index contributed by atoms with van der Waals surface area (Å²) in [5.74, 6) is 0. The smallest absolute Gasteiger partial charge is 0.0546 e. The molecular formula is C54H37N. The first-order valence-electron chi connectivity index (χ1n) is 18.9. The van der Waals surface area contributed by atoms with Crippen LogP contribution in [-0.2, 0) is 0 Å². The minimum atomic E-state index is 1.09. The first kappa shape index (κ1) is 32.4. The zero-order valence-electron chi connectivity index (χ0n) is 30.3. The second-order valence-electron chi connectivity index (χ2n) is 14.1. The highest BCUT2D eigenvalue weighted by atomic mass is 15.1. The molecule has 1 nitrogen and oxygen atoms in total. The lowest BCUT2D eigenvalue weighted by Crippen LogP contribution is -2.12. The Bertz CT molecular complexity index is 2960. The van der Waals surface area contributed by atoms with E-state index in [1.54, 1.807) is 0 Å². The van der Waals surface area contributed by atoms with Crippen LogP contribution in [0.1, 0.15) is 0 Å². The van der Waals surface area contributed by atoms with E-state index in [9.17, 15) is 0 Å². The molecule has 0 aliphatic carbocycles. The predicted octanol–water partition coefficient (Wildman–Crippen LogP) is 15.3. The lowest BCUT2D eigenvalue weighted by Gasteiger charge is -2.30. The third kappa shape index (κ3) is 6.12. The maximum Gasteiger partial charge on any atom is 0.0546 e. The number of hydrogen-bond acceptors (Lipinski definition) is 1. The van der Waals surface area contributed by atoms with Crippen molar-refractivity contribution in [2.24, 2.45) is 0 Å². The van der Waals surface area contributed by atoms with E-state index >= 15 is 0 Å². The Morgan fingerprint density at radius 2 is 0.727 bits per heavy atom. The zero-order valence-corrected chi connectivity index (χ0v) is 30.3. The molecule has 0 saturated carbocycles. The summed E-state index contributed by atoms with van der Waals surface area (Å²) in [4.78, 5) is 2.45. The first-order chi connectivity index (χ1) is 27.3. The summed E-state index contributed by atoms with van der Waals surface area (Å²) in [6, 6.07) is 81.6. The Labute approximate surface area is 322 Å². The summed E-state index contributed by atoms with van der Waals surface area (Å²) >= 11 is 0. The Kier molecular flexibility index (Phi) is 8.24. The Balaban J connectivity index is 1.16. The van der Waals surface area contributed by atoms with Gasteiger partial charge < -0.3 is 4.90 Å². The van der Waals surface area contributed by atoms with Crippen molar-refractivity contribution in [3.05, 3.63) is 224 Å². The van der Waals surface area contributed by atoms with Crippen LogP contribution < -0.4 is 4.90 Å². The summed E-state index contributed by atoms with van der Waals surface area (Å²) in [5.41, 5.74) is 12.8. The first-order valence-corrected chi connectivity index (χ1v) is 18.9. The number of anilines is 3. The van der Waals surface area contributed by atoms with Crippen LogP contribution in [0.4, 0.5) is 17.1 Å². The summed E-state index contributed by atoms with van der Waals surface area (Å²) in [6.45, 7) is 0. The lowest BCUT2D eigenvalue weighted by atomic mass is 9.94. The second-order valence-corrected chi connectivity index (χ2v) is 14.1. The molecular weight excluding hydrogens is 663 g/mol. The molecule has 258 valence electrons. The van der Waals surface area contributed by atoms with Crippen molar-refractivity contribution in [2.45, 2.75) is 0 Å². The van der Waals surface area contributed by atoms with Crippen molar-refractivity contribution in [1.82, 2.24) is 0 Å². The number of nitrogens with zero attached hydrogens (tertiary/aromatic N) is 1. The van der Waals surface area contributed by atoms with Crippen LogP contribution in [-0.4, -0.2) is 0 Å². The van der Waals surface area contributed by atoms with Crippen LogP contribution in [0.15, 0.2) is 224 Å². The molecule has 10 aromatic carbocycles. The molecule has 0 amide bonds. The Morgan fingerprint density at radius 3 is 1.51 bits per heavy atom. The molecule has 0 aliphatic rings. The van der Waals surface area contributed by atoms with Gasteiger partial charge >= 0.3 is 0 Å². The number of rotatable bonds is 7. The van der Waals surface area contributed by atoms with E-state index in [1.807, 2.05) is 0 Å². The summed E-state index contributed by atoms with van der Waals surface area (Å²) in [6.07, 6.45) is 0. The zero-order chi connectivity index (χ0) is 36.6. The largest absolute Gasteiger partial charge is 0.309 e. The molecule has 0 heterocycles. The van der Waals surface area contributed by atoms with Crippen molar-refractivity contribution in [2.75, 3.05) is 4.90 Å². The number of para-hydroxylation sites is 1. The highest BCUT2D eigenvalue weighted by Gasteiger charge is 2.21. The van der Waals surface area contributed by atoms with Gasteiger partial charge in [0, 0.05) is 16.8 Å². The summed E-state index contributed by atoms with van der Waals surface area (Å²) in [5, 5.41) is 7.55. The van der Waals surface area contributed by atoms with Crippen molar-refractivity contribution in [3.63, 3.8) is 0 Å². The van der Waals surface area contributed by atoms with Crippen molar-refractivity contribution in [3.8, 4) is 44.5 Å². The SMILES string of the molecule is c1ccc(-c2ccccc2N(c2ccc(-c3ccc4c(ccc5ccccc54)c3)cc2)c2cc(-c3ccc4ccccc4c3)ccc2-c2ccccc2)cc1. The molecule has 0 saturated heterocycles. The average Bonchev–Trinajstić information content (AvgIpc) is 3.27. The van der Waals surface area contributed by atoms with Gasteiger partial charge in [0.1, 0.15) is 0 Å². The molecule has 0 spiro atoms. The van der Waals surface area contributed by atoms with Crippen LogP contribution in [0.25, 0.3) is 76.8 Å². The number of benzene rings is 10. The van der Waals surface area contributed by atoms with Gasteiger partial charge in [-0.15, -0.1) is 0 Å². The fraction of sp³-hybridized carbons (Fsp3) is 0. The third-order valence-corrected chi connectivity index (χ3v) is 10.8. The van der Waals surface area contributed by atoms with Gasteiger partial charge in [0.05, 0.1) is 11.4 Å². The van der Waals surface area contributed by atoms with E-state index in [4.69, 9.17) is 0 Å². The van der Waals surface area contributed by atoms with E-state index in [2.05, 4.69) is 229 Å². The number of fused-ring (bicyclic) bond motifs is 4. The molecule has 55 heavy (non-hydrogen) atoms. The quantitative estimate of drug-likeness (QED) is 0.150. The Hall–Kier alpha value is -7.22. The van der Waals surface area contributed by atoms with Gasteiger partial charge in [0.25, 0.3) is 0 Å². The van der Waals surface area contributed by atoms with Gasteiger partial charge in [-0.05, 0) is 102 Å². The van der Waals surface area contributed by atoms with Gasteiger partial charge in [-0.3, -0.25) is 0 Å². The molecule has 0 bridgehead atoms. The maximum absolute atomic E-state index is 2.45.